The number of fused-ring (bicyclic) bond motifs is 1. The van der Waals surface area contributed by atoms with Gasteiger partial charge in [-0.25, -0.2) is 9.97 Å². The highest BCUT2D eigenvalue weighted by molar-refractivity contribution is 5.89. The van der Waals surface area contributed by atoms with E-state index in [2.05, 4.69) is 87.5 Å². The Labute approximate surface area is 161 Å². The normalized spacial score (nSPS) is 16.4. The van der Waals surface area contributed by atoms with E-state index in [1.807, 2.05) is 0 Å². The molecule has 1 aliphatic rings. The van der Waals surface area contributed by atoms with Gasteiger partial charge in [0.1, 0.15) is 12.1 Å². The van der Waals surface area contributed by atoms with Gasteiger partial charge in [0, 0.05) is 49.8 Å². The quantitative estimate of drug-likeness (QED) is 0.753. The maximum atomic E-state index is 4.47. The molecule has 1 aromatic heterocycles. The Morgan fingerprint density at radius 3 is 2.56 bits per heavy atom. The summed E-state index contributed by atoms with van der Waals surface area (Å²) in [5.74, 6) is 0.929. The lowest BCUT2D eigenvalue weighted by molar-refractivity contribution is 0.204. The lowest BCUT2D eigenvalue weighted by Gasteiger charge is -2.39. The van der Waals surface area contributed by atoms with E-state index in [-0.39, 0.29) is 0 Å². The monoisotopic (exact) mass is 361 g/mol. The van der Waals surface area contributed by atoms with Crippen LogP contribution >= 0.6 is 0 Å². The van der Waals surface area contributed by atoms with Crippen LogP contribution < -0.4 is 10.2 Å². The highest BCUT2D eigenvalue weighted by Crippen LogP contribution is 2.21. The molecule has 1 fully saturated rings. The Bertz CT molecular complexity index is 888. The summed E-state index contributed by atoms with van der Waals surface area (Å²) in [7, 11) is 0. The number of aryl methyl sites for hydroxylation is 1. The van der Waals surface area contributed by atoms with Crippen LogP contribution in [0.15, 0.2) is 54.9 Å². The van der Waals surface area contributed by atoms with Crippen molar-refractivity contribution in [2.75, 3.05) is 42.9 Å². The zero-order valence-electron chi connectivity index (χ0n) is 16.1. The molecule has 2 heterocycles. The molecule has 5 heteroatoms. The second-order valence-electron chi connectivity index (χ2n) is 7.33. The van der Waals surface area contributed by atoms with Crippen molar-refractivity contribution in [2.45, 2.75) is 19.9 Å². The maximum absolute atomic E-state index is 4.47. The third-order valence-corrected chi connectivity index (χ3v) is 5.41. The van der Waals surface area contributed by atoms with Gasteiger partial charge in [0.2, 0.25) is 0 Å². The summed E-state index contributed by atoms with van der Waals surface area (Å²) >= 11 is 0. The van der Waals surface area contributed by atoms with Gasteiger partial charge in [-0.05, 0) is 38.1 Å². The number of aromatic nitrogens is 2. The summed E-state index contributed by atoms with van der Waals surface area (Å²) in [6.45, 7) is 9.59. The number of nitrogens with one attached hydrogen (secondary N) is 1. The number of anilines is 2. The van der Waals surface area contributed by atoms with Crippen LogP contribution in [-0.4, -0.2) is 53.6 Å². The van der Waals surface area contributed by atoms with Crippen molar-refractivity contribution in [1.82, 2.24) is 14.9 Å². The summed E-state index contributed by atoms with van der Waals surface area (Å²) < 4.78 is 0. The van der Waals surface area contributed by atoms with E-state index in [4.69, 9.17) is 0 Å². The fourth-order valence-corrected chi connectivity index (χ4v) is 3.74. The minimum Gasteiger partial charge on any atom is -0.369 e. The van der Waals surface area contributed by atoms with Crippen LogP contribution in [0.5, 0.6) is 0 Å². The third-order valence-electron chi connectivity index (χ3n) is 5.41. The van der Waals surface area contributed by atoms with Gasteiger partial charge in [-0.15, -0.1) is 0 Å². The SMILES string of the molecule is Cc1ccc2ncnc(NCC(C)N3CCN(c4ccccc4)CC3)c2c1. The van der Waals surface area contributed by atoms with Crippen molar-refractivity contribution < 1.29 is 0 Å². The largest absolute Gasteiger partial charge is 0.369 e. The van der Waals surface area contributed by atoms with Crippen LogP contribution in [0.2, 0.25) is 0 Å². The molecule has 0 radical (unpaired) electrons. The van der Waals surface area contributed by atoms with Crippen molar-refractivity contribution >= 4 is 22.4 Å². The highest BCUT2D eigenvalue weighted by atomic mass is 15.3. The lowest BCUT2D eigenvalue weighted by atomic mass is 10.1. The number of hydrogen-bond acceptors (Lipinski definition) is 5. The molecule has 0 saturated carbocycles. The lowest BCUT2D eigenvalue weighted by Crippen LogP contribution is -2.51. The molecule has 5 nitrogen and oxygen atoms in total. The predicted molar refractivity (Wildman–Crippen MR) is 112 cm³/mol. The first-order valence-corrected chi connectivity index (χ1v) is 9.70. The number of piperazine rings is 1. The molecular weight excluding hydrogens is 334 g/mol. The van der Waals surface area contributed by atoms with Gasteiger partial charge in [0.15, 0.2) is 0 Å². The van der Waals surface area contributed by atoms with Crippen molar-refractivity contribution in [3.8, 4) is 0 Å². The minimum absolute atomic E-state index is 0.456. The zero-order valence-corrected chi connectivity index (χ0v) is 16.1. The van der Waals surface area contributed by atoms with E-state index in [0.29, 0.717) is 6.04 Å². The molecule has 1 unspecified atom stereocenters. The summed E-state index contributed by atoms with van der Waals surface area (Å²) in [6, 6.07) is 17.5. The van der Waals surface area contributed by atoms with Gasteiger partial charge in [-0.1, -0.05) is 29.8 Å². The van der Waals surface area contributed by atoms with Crippen molar-refractivity contribution in [1.29, 1.82) is 0 Å². The molecule has 1 aliphatic heterocycles. The van der Waals surface area contributed by atoms with Gasteiger partial charge in [0.05, 0.1) is 5.52 Å². The number of benzene rings is 2. The molecule has 0 amide bonds. The average Bonchev–Trinajstić information content (AvgIpc) is 2.73. The van der Waals surface area contributed by atoms with Crippen LogP contribution in [0.4, 0.5) is 11.5 Å². The van der Waals surface area contributed by atoms with E-state index in [9.17, 15) is 0 Å². The number of nitrogens with zero attached hydrogens (tertiary/aromatic N) is 4. The molecule has 3 aromatic rings. The Morgan fingerprint density at radius 2 is 1.78 bits per heavy atom. The van der Waals surface area contributed by atoms with Crippen LogP contribution in [-0.2, 0) is 0 Å². The van der Waals surface area contributed by atoms with Crippen LogP contribution in [0.1, 0.15) is 12.5 Å². The second-order valence-corrected chi connectivity index (χ2v) is 7.33. The van der Waals surface area contributed by atoms with Crippen molar-refractivity contribution in [3.05, 3.63) is 60.4 Å². The minimum atomic E-state index is 0.456. The van der Waals surface area contributed by atoms with Gasteiger partial charge in [0.25, 0.3) is 0 Å². The first kappa shape index (κ1) is 17.7. The second kappa shape index (κ2) is 7.92. The number of para-hydroxylation sites is 1. The van der Waals surface area contributed by atoms with Crippen molar-refractivity contribution in [3.63, 3.8) is 0 Å². The van der Waals surface area contributed by atoms with E-state index >= 15 is 0 Å². The first-order chi connectivity index (χ1) is 13.2. The molecule has 140 valence electrons. The molecule has 0 spiro atoms. The molecule has 1 atom stereocenters. The van der Waals surface area contributed by atoms with Crippen LogP contribution in [0.3, 0.4) is 0 Å². The van der Waals surface area contributed by atoms with Crippen LogP contribution in [0, 0.1) is 6.92 Å². The molecule has 2 aromatic carbocycles. The van der Waals surface area contributed by atoms with Crippen molar-refractivity contribution in [2.24, 2.45) is 0 Å². The predicted octanol–water partition coefficient (Wildman–Crippen LogP) is 3.56. The number of hydrogen-bond donors (Lipinski definition) is 1. The van der Waals surface area contributed by atoms with E-state index in [0.717, 1.165) is 49.4 Å². The maximum Gasteiger partial charge on any atom is 0.137 e. The standard InChI is InChI=1S/C22H27N5/c1-17-8-9-21-20(14-17)22(25-16-24-21)23-15-18(2)26-10-12-27(13-11-26)19-6-4-3-5-7-19/h3-9,14,16,18H,10-13,15H2,1-2H3,(H,23,24,25). The molecular formula is C22H27N5. The van der Waals surface area contributed by atoms with Gasteiger partial charge < -0.3 is 10.2 Å². The summed E-state index contributed by atoms with van der Waals surface area (Å²) in [4.78, 5) is 13.9. The Kier molecular flexibility index (Phi) is 5.21. The van der Waals surface area contributed by atoms with E-state index in [1.54, 1.807) is 6.33 Å². The zero-order chi connectivity index (χ0) is 18.6. The Morgan fingerprint density at radius 1 is 1.00 bits per heavy atom. The topological polar surface area (TPSA) is 44.3 Å². The van der Waals surface area contributed by atoms with Crippen LogP contribution in [0.25, 0.3) is 10.9 Å². The summed E-state index contributed by atoms with van der Waals surface area (Å²) in [6.07, 6.45) is 1.64. The van der Waals surface area contributed by atoms with E-state index in [1.165, 1.54) is 11.3 Å². The third kappa shape index (κ3) is 4.03. The van der Waals surface area contributed by atoms with Gasteiger partial charge in [-0.3, -0.25) is 4.90 Å². The fraction of sp³-hybridized carbons (Fsp3) is 0.364. The first-order valence-electron chi connectivity index (χ1n) is 9.70. The smallest absolute Gasteiger partial charge is 0.137 e. The average molecular weight is 361 g/mol. The molecule has 1 N–H and O–H groups in total. The number of rotatable bonds is 5. The molecule has 4 rings (SSSR count). The highest BCUT2D eigenvalue weighted by Gasteiger charge is 2.21. The Balaban J connectivity index is 1.35. The molecule has 27 heavy (non-hydrogen) atoms. The summed E-state index contributed by atoms with van der Waals surface area (Å²) in [5.41, 5.74) is 3.54. The molecule has 0 bridgehead atoms. The van der Waals surface area contributed by atoms with E-state index < -0.39 is 0 Å². The molecule has 0 aliphatic carbocycles. The van der Waals surface area contributed by atoms with Gasteiger partial charge >= 0.3 is 0 Å². The molecule has 1 saturated heterocycles. The summed E-state index contributed by atoms with van der Waals surface area (Å²) in [5, 5.41) is 4.64. The Hall–Kier alpha value is -2.66. The van der Waals surface area contributed by atoms with Gasteiger partial charge in [-0.2, -0.15) is 0 Å². The fourth-order valence-electron chi connectivity index (χ4n) is 3.74.